The average Bonchev–Trinajstić information content (AvgIpc) is 2.45. The summed E-state index contributed by atoms with van der Waals surface area (Å²) >= 11 is 0. The number of nitrogens with zero attached hydrogens (tertiary/aromatic N) is 2. The summed E-state index contributed by atoms with van der Waals surface area (Å²) in [7, 11) is -3.54. The highest BCUT2D eigenvalue weighted by Crippen LogP contribution is 2.23. The Morgan fingerprint density at radius 3 is 2.91 bits per heavy atom. The fraction of sp³-hybridized carbons (Fsp3) is 0.600. The van der Waals surface area contributed by atoms with Crippen LogP contribution >= 0.6 is 0 Å². The van der Waals surface area contributed by atoms with Crippen molar-refractivity contribution >= 4 is 15.9 Å². The van der Waals surface area contributed by atoms with E-state index in [4.69, 9.17) is 9.88 Å². The first kappa shape index (κ1) is 17.7. The van der Waals surface area contributed by atoms with E-state index >= 15 is 0 Å². The molecule has 1 aromatic heterocycles. The number of hydrogen-bond donors (Lipinski definition) is 1. The Balaban J connectivity index is 2.14. The lowest BCUT2D eigenvalue weighted by Crippen LogP contribution is -2.42. The van der Waals surface area contributed by atoms with E-state index in [2.05, 4.69) is 4.98 Å². The highest BCUT2D eigenvalue weighted by molar-refractivity contribution is 7.89. The number of ether oxygens (including phenoxy) is 1. The number of primary sulfonamides is 1. The van der Waals surface area contributed by atoms with Gasteiger partial charge in [0.05, 0.1) is 11.9 Å². The fourth-order valence-electron chi connectivity index (χ4n) is 2.76. The third kappa shape index (κ3) is 5.18. The molecule has 1 fully saturated rings. The summed E-state index contributed by atoms with van der Waals surface area (Å²) in [5, 5.41) is 5.12. The van der Waals surface area contributed by atoms with E-state index in [-0.39, 0.29) is 23.7 Å². The molecule has 7 nitrogen and oxygen atoms in total. The van der Waals surface area contributed by atoms with Crippen molar-refractivity contribution in [2.75, 3.05) is 18.8 Å². The zero-order valence-electron chi connectivity index (χ0n) is 13.4. The molecule has 1 aliphatic rings. The molecular weight excluding hydrogens is 318 g/mol. The maximum absolute atomic E-state index is 12.7. The van der Waals surface area contributed by atoms with E-state index in [0.29, 0.717) is 24.5 Å². The van der Waals surface area contributed by atoms with E-state index < -0.39 is 10.0 Å². The van der Waals surface area contributed by atoms with Crippen molar-refractivity contribution in [1.82, 2.24) is 9.88 Å². The zero-order chi connectivity index (χ0) is 17.0. The molecule has 1 aromatic rings. The van der Waals surface area contributed by atoms with Crippen molar-refractivity contribution in [3.8, 4) is 5.88 Å². The first-order valence-corrected chi connectivity index (χ1v) is 9.39. The van der Waals surface area contributed by atoms with Crippen LogP contribution in [0.5, 0.6) is 5.88 Å². The van der Waals surface area contributed by atoms with Gasteiger partial charge >= 0.3 is 0 Å². The number of piperidine rings is 1. The number of nitrogens with two attached hydrogens (primary N) is 1. The first-order chi connectivity index (χ1) is 10.8. The summed E-state index contributed by atoms with van der Waals surface area (Å²) in [6.07, 6.45) is 3.00. The van der Waals surface area contributed by atoms with E-state index in [9.17, 15) is 13.2 Å². The largest absolute Gasteiger partial charge is 0.474 e. The lowest BCUT2D eigenvalue weighted by atomic mass is 9.99. The minimum Gasteiger partial charge on any atom is -0.474 e. The SMILES string of the molecule is CC(C)Oc1ncccc1C(=O)N1CCCC(CS(N)(=O)=O)C1. The van der Waals surface area contributed by atoms with Gasteiger partial charge in [0.25, 0.3) is 5.91 Å². The fourth-order valence-corrected chi connectivity index (χ4v) is 3.68. The molecular formula is C15H23N3O4S. The Labute approximate surface area is 136 Å². The topological polar surface area (TPSA) is 103 Å². The Bertz CT molecular complexity index is 660. The van der Waals surface area contributed by atoms with Gasteiger partial charge in [-0.2, -0.15) is 0 Å². The van der Waals surface area contributed by atoms with Crippen molar-refractivity contribution in [3.63, 3.8) is 0 Å². The van der Waals surface area contributed by atoms with Crippen LogP contribution in [0, 0.1) is 5.92 Å². The van der Waals surface area contributed by atoms with Crippen LogP contribution in [0.3, 0.4) is 0 Å². The number of hydrogen-bond acceptors (Lipinski definition) is 5. The number of rotatable bonds is 5. The molecule has 23 heavy (non-hydrogen) atoms. The quantitative estimate of drug-likeness (QED) is 0.861. The second kappa shape index (κ2) is 7.27. The van der Waals surface area contributed by atoms with Crippen molar-refractivity contribution in [2.24, 2.45) is 11.1 Å². The van der Waals surface area contributed by atoms with E-state index in [1.165, 1.54) is 0 Å². The second-order valence-electron chi connectivity index (χ2n) is 6.11. The number of sulfonamides is 1. The number of carbonyl (C=O) groups is 1. The molecule has 0 spiro atoms. The van der Waals surface area contributed by atoms with Gasteiger partial charge in [0, 0.05) is 19.3 Å². The van der Waals surface area contributed by atoms with Crippen molar-refractivity contribution in [1.29, 1.82) is 0 Å². The normalized spacial score (nSPS) is 19.0. The van der Waals surface area contributed by atoms with Gasteiger partial charge in [-0.25, -0.2) is 18.5 Å². The molecule has 128 valence electrons. The molecule has 1 aliphatic heterocycles. The number of carbonyl (C=O) groups excluding carboxylic acids is 1. The highest BCUT2D eigenvalue weighted by Gasteiger charge is 2.28. The molecule has 2 N–H and O–H groups in total. The molecule has 1 saturated heterocycles. The van der Waals surface area contributed by atoms with E-state index in [1.54, 1.807) is 23.2 Å². The lowest BCUT2D eigenvalue weighted by Gasteiger charge is -2.32. The summed E-state index contributed by atoms with van der Waals surface area (Å²) in [6, 6.07) is 3.36. The summed E-state index contributed by atoms with van der Waals surface area (Å²) in [6.45, 7) is 4.71. The summed E-state index contributed by atoms with van der Waals surface area (Å²) in [5.74, 6) is -0.109. The van der Waals surface area contributed by atoms with Crippen molar-refractivity contribution < 1.29 is 17.9 Å². The average molecular weight is 341 g/mol. The molecule has 2 rings (SSSR count). The Kier molecular flexibility index (Phi) is 5.59. The third-order valence-electron chi connectivity index (χ3n) is 3.62. The minimum absolute atomic E-state index is 0.0899. The number of amides is 1. The molecule has 0 aliphatic carbocycles. The van der Waals surface area contributed by atoms with Gasteiger partial charge < -0.3 is 9.64 Å². The van der Waals surface area contributed by atoms with Crippen LogP contribution in [0.2, 0.25) is 0 Å². The van der Waals surface area contributed by atoms with Crippen LogP contribution in [0.4, 0.5) is 0 Å². The zero-order valence-corrected chi connectivity index (χ0v) is 14.3. The summed E-state index contributed by atoms with van der Waals surface area (Å²) in [4.78, 5) is 18.5. The summed E-state index contributed by atoms with van der Waals surface area (Å²) in [5.41, 5.74) is 0.400. The van der Waals surface area contributed by atoms with Crippen LogP contribution in [0.15, 0.2) is 18.3 Å². The van der Waals surface area contributed by atoms with Gasteiger partial charge in [0.2, 0.25) is 15.9 Å². The second-order valence-corrected chi connectivity index (χ2v) is 7.77. The maximum Gasteiger partial charge on any atom is 0.259 e. The molecule has 1 atom stereocenters. The minimum atomic E-state index is -3.54. The monoisotopic (exact) mass is 341 g/mol. The van der Waals surface area contributed by atoms with Gasteiger partial charge in [0.1, 0.15) is 5.56 Å². The van der Waals surface area contributed by atoms with Crippen LogP contribution in [0.25, 0.3) is 0 Å². The van der Waals surface area contributed by atoms with E-state index in [0.717, 1.165) is 12.8 Å². The van der Waals surface area contributed by atoms with Gasteiger partial charge in [0.15, 0.2) is 0 Å². The Morgan fingerprint density at radius 1 is 1.52 bits per heavy atom. The smallest absolute Gasteiger partial charge is 0.259 e. The van der Waals surface area contributed by atoms with Crippen LogP contribution in [-0.2, 0) is 10.0 Å². The molecule has 1 unspecified atom stereocenters. The van der Waals surface area contributed by atoms with Crippen LogP contribution in [-0.4, -0.2) is 49.2 Å². The summed E-state index contributed by atoms with van der Waals surface area (Å²) < 4.78 is 28.1. The molecule has 0 bridgehead atoms. The Morgan fingerprint density at radius 2 is 2.26 bits per heavy atom. The van der Waals surface area contributed by atoms with Gasteiger partial charge in [-0.15, -0.1) is 0 Å². The third-order valence-corrected chi connectivity index (χ3v) is 4.56. The van der Waals surface area contributed by atoms with Crippen LogP contribution in [0.1, 0.15) is 37.0 Å². The highest BCUT2D eigenvalue weighted by atomic mass is 32.2. The number of likely N-dealkylation sites (tertiary alicyclic amines) is 1. The molecule has 2 heterocycles. The van der Waals surface area contributed by atoms with Crippen LogP contribution < -0.4 is 9.88 Å². The van der Waals surface area contributed by atoms with Crippen molar-refractivity contribution in [3.05, 3.63) is 23.9 Å². The predicted molar refractivity (Wildman–Crippen MR) is 86.6 cm³/mol. The van der Waals surface area contributed by atoms with Gasteiger partial charge in [-0.3, -0.25) is 4.79 Å². The molecule has 0 radical (unpaired) electrons. The lowest BCUT2D eigenvalue weighted by molar-refractivity contribution is 0.0677. The molecule has 0 saturated carbocycles. The Hall–Kier alpha value is -1.67. The van der Waals surface area contributed by atoms with Gasteiger partial charge in [-0.05, 0) is 44.7 Å². The molecule has 1 amide bonds. The molecule has 0 aromatic carbocycles. The van der Waals surface area contributed by atoms with E-state index in [1.807, 2.05) is 13.8 Å². The first-order valence-electron chi connectivity index (χ1n) is 7.67. The van der Waals surface area contributed by atoms with Gasteiger partial charge in [-0.1, -0.05) is 0 Å². The predicted octanol–water partition coefficient (Wildman–Crippen LogP) is 1.01. The maximum atomic E-state index is 12.7. The number of aromatic nitrogens is 1. The van der Waals surface area contributed by atoms with Crippen molar-refractivity contribution in [2.45, 2.75) is 32.8 Å². The number of pyridine rings is 1. The standard InChI is InChI=1S/C15H23N3O4S/c1-11(2)22-14-13(6-3-7-17-14)15(19)18-8-4-5-12(9-18)10-23(16,20)21/h3,6-7,11-12H,4-5,8-10H2,1-2H3,(H2,16,20,21). The molecule has 8 heteroatoms.